The largest absolute Gasteiger partial charge is 0.130 e. The average molecular weight is 368 g/mol. The van der Waals surface area contributed by atoms with E-state index in [4.69, 9.17) is 23.2 Å². The van der Waals surface area contributed by atoms with Gasteiger partial charge < -0.3 is 0 Å². The fourth-order valence-electron chi connectivity index (χ4n) is 1.52. The van der Waals surface area contributed by atoms with Gasteiger partial charge >= 0.3 is 0 Å². The molecule has 0 saturated carbocycles. The van der Waals surface area contributed by atoms with E-state index < -0.39 is 0 Å². The van der Waals surface area contributed by atoms with Crippen molar-refractivity contribution in [1.29, 1.82) is 0 Å². The van der Waals surface area contributed by atoms with Crippen LogP contribution in [0.1, 0.15) is 15.8 Å². The molecule has 0 saturated heterocycles. The number of rotatable bonds is 3. The second kappa shape index (κ2) is 5.98. The first-order valence-electron chi connectivity index (χ1n) is 4.85. The van der Waals surface area contributed by atoms with Crippen LogP contribution in [0.15, 0.2) is 39.0 Å². The van der Waals surface area contributed by atoms with Crippen LogP contribution in [-0.2, 0) is 0 Å². The molecule has 5 heteroatoms. The Balaban J connectivity index is 2.39. The van der Waals surface area contributed by atoms with Gasteiger partial charge in [-0.15, -0.1) is 34.7 Å². The Kier molecular flexibility index (Phi) is 4.84. The second-order valence-electron chi connectivity index (χ2n) is 3.37. The Morgan fingerprint density at radius 3 is 2.65 bits per heavy atom. The lowest BCUT2D eigenvalue weighted by atomic mass is 10.1. The predicted molar refractivity (Wildman–Crippen MR) is 82.9 cm³/mol. The minimum Gasteiger partial charge on any atom is -0.130 e. The number of thiophene rings is 1. The summed E-state index contributed by atoms with van der Waals surface area (Å²) >= 11 is 19.3. The minimum absolute atomic E-state index is 0.146. The van der Waals surface area contributed by atoms with Crippen molar-refractivity contribution in [3.63, 3.8) is 0 Å². The number of thioether (sulfide) groups is 1. The van der Waals surface area contributed by atoms with Gasteiger partial charge in [0.15, 0.2) is 0 Å². The zero-order valence-corrected chi connectivity index (χ0v) is 13.6. The molecule has 2 rings (SSSR count). The molecular weight excluding hydrogens is 359 g/mol. The molecule has 0 fully saturated rings. The highest BCUT2D eigenvalue weighted by atomic mass is 79.9. The van der Waals surface area contributed by atoms with E-state index in [2.05, 4.69) is 34.3 Å². The molecule has 17 heavy (non-hydrogen) atoms. The van der Waals surface area contributed by atoms with Crippen molar-refractivity contribution in [3.8, 4) is 0 Å². The van der Waals surface area contributed by atoms with Gasteiger partial charge in [-0.2, -0.15) is 0 Å². The molecule has 1 unspecified atom stereocenters. The van der Waals surface area contributed by atoms with Crippen LogP contribution in [0.2, 0.25) is 5.02 Å². The van der Waals surface area contributed by atoms with Crippen molar-refractivity contribution in [1.82, 2.24) is 0 Å². The van der Waals surface area contributed by atoms with Crippen LogP contribution < -0.4 is 0 Å². The number of halogens is 3. The highest BCUT2D eigenvalue weighted by Gasteiger charge is 2.17. The van der Waals surface area contributed by atoms with Crippen LogP contribution in [0.4, 0.5) is 0 Å². The van der Waals surface area contributed by atoms with Gasteiger partial charge in [0.05, 0.1) is 14.2 Å². The van der Waals surface area contributed by atoms with Gasteiger partial charge in [0.1, 0.15) is 0 Å². The number of benzene rings is 1. The third-order valence-electron chi connectivity index (χ3n) is 2.33. The summed E-state index contributed by atoms with van der Waals surface area (Å²) in [5.74, 6) is 0. The lowest BCUT2D eigenvalue weighted by Crippen LogP contribution is -1.92. The molecule has 1 heterocycles. The highest BCUT2D eigenvalue weighted by molar-refractivity contribution is 9.11. The topological polar surface area (TPSA) is 0 Å². The quantitative estimate of drug-likeness (QED) is 0.458. The van der Waals surface area contributed by atoms with Crippen molar-refractivity contribution in [2.75, 3.05) is 6.26 Å². The second-order valence-corrected chi connectivity index (χ2v) is 7.47. The third kappa shape index (κ3) is 3.02. The molecule has 90 valence electrons. The van der Waals surface area contributed by atoms with Crippen molar-refractivity contribution >= 4 is 62.2 Å². The fourth-order valence-corrected chi connectivity index (χ4v) is 4.35. The van der Waals surface area contributed by atoms with Crippen LogP contribution in [0, 0.1) is 0 Å². The van der Waals surface area contributed by atoms with E-state index in [0.29, 0.717) is 0 Å². The van der Waals surface area contributed by atoms with Crippen LogP contribution >= 0.6 is 62.2 Å². The summed E-state index contributed by atoms with van der Waals surface area (Å²) in [6.45, 7) is 0. The fraction of sp³-hybridized carbons (Fsp3) is 0.167. The smallest absolute Gasteiger partial charge is 0.0939 e. The molecule has 1 aromatic carbocycles. The normalized spacial score (nSPS) is 12.7. The van der Waals surface area contributed by atoms with Crippen molar-refractivity contribution in [2.24, 2.45) is 0 Å². The number of hydrogen-bond acceptors (Lipinski definition) is 2. The summed E-state index contributed by atoms with van der Waals surface area (Å²) in [4.78, 5) is 2.26. The Morgan fingerprint density at radius 2 is 2.06 bits per heavy atom. The number of hydrogen-bond donors (Lipinski definition) is 0. The van der Waals surface area contributed by atoms with Gasteiger partial charge in [-0.1, -0.05) is 29.8 Å². The highest BCUT2D eigenvalue weighted by Crippen LogP contribution is 2.42. The Labute approximate surface area is 127 Å². The summed E-state index contributed by atoms with van der Waals surface area (Å²) in [6.07, 6.45) is 2.06. The molecule has 0 spiro atoms. The first-order valence-corrected chi connectivity index (χ1v) is 8.50. The molecule has 0 bridgehead atoms. The van der Waals surface area contributed by atoms with Crippen molar-refractivity contribution in [2.45, 2.75) is 10.3 Å². The molecule has 0 radical (unpaired) electrons. The molecule has 1 aromatic heterocycles. The SMILES string of the molecule is CSc1ccccc1C(Cl)c1cc(Cl)c(Br)s1. The van der Waals surface area contributed by atoms with Gasteiger partial charge in [-0.3, -0.25) is 0 Å². The molecule has 0 aliphatic rings. The lowest BCUT2D eigenvalue weighted by molar-refractivity contribution is 1.12. The molecule has 0 nitrogen and oxygen atoms in total. The molecule has 0 N–H and O–H groups in total. The average Bonchev–Trinajstić information content (AvgIpc) is 2.68. The van der Waals surface area contributed by atoms with Gasteiger partial charge in [-0.25, -0.2) is 0 Å². The standard InChI is InChI=1S/C12H9BrCl2S2/c1-16-9-5-3-2-4-7(9)11(15)10-6-8(14)12(13)17-10/h2-6,11H,1H3. The first-order chi connectivity index (χ1) is 8.13. The summed E-state index contributed by atoms with van der Waals surface area (Å²) in [7, 11) is 0. The summed E-state index contributed by atoms with van der Waals surface area (Å²) in [6, 6.07) is 10.1. The van der Waals surface area contributed by atoms with Gasteiger partial charge in [0.25, 0.3) is 0 Å². The van der Waals surface area contributed by atoms with Crippen LogP contribution in [0.25, 0.3) is 0 Å². The van der Waals surface area contributed by atoms with E-state index in [0.717, 1.165) is 19.2 Å². The third-order valence-corrected chi connectivity index (χ3v) is 6.28. The maximum absolute atomic E-state index is 6.52. The van der Waals surface area contributed by atoms with Crippen LogP contribution in [0.3, 0.4) is 0 Å². The Morgan fingerprint density at radius 1 is 1.35 bits per heavy atom. The zero-order valence-electron chi connectivity index (χ0n) is 8.91. The molecular formula is C12H9BrCl2S2. The Bertz CT molecular complexity index is 505. The molecule has 0 aliphatic carbocycles. The van der Waals surface area contributed by atoms with Gasteiger partial charge in [0.2, 0.25) is 0 Å². The van der Waals surface area contributed by atoms with E-state index in [1.807, 2.05) is 18.2 Å². The van der Waals surface area contributed by atoms with Crippen molar-refractivity contribution < 1.29 is 0 Å². The summed E-state index contributed by atoms with van der Waals surface area (Å²) in [5, 5.41) is 0.574. The first kappa shape index (κ1) is 13.8. The van der Waals surface area contributed by atoms with E-state index in [1.165, 1.54) is 4.90 Å². The van der Waals surface area contributed by atoms with E-state index in [9.17, 15) is 0 Å². The maximum atomic E-state index is 6.52. The molecule has 1 atom stereocenters. The van der Waals surface area contributed by atoms with E-state index in [-0.39, 0.29) is 5.38 Å². The van der Waals surface area contributed by atoms with Gasteiger partial charge in [0, 0.05) is 9.77 Å². The minimum atomic E-state index is -0.146. The van der Waals surface area contributed by atoms with Crippen LogP contribution in [0.5, 0.6) is 0 Å². The summed E-state index contributed by atoms with van der Waals surface area (Å²) < 4.78 is 0.932. The zero-order chi connectivity index (χ0) is 12.4. The lowest BCUT2D eigenvalue weighted by Gasteiger charge is -2.11. The molecule has 0 aliphatic heterocycles. The predicted octanol–water partition coefficient (Wildman–Crippen LogP) is 6.21. The van der Waals surface area contributed by atoms with Gasteiger partial charge in [-0.05, 0) is 39.9 Å². The molecule has 2 aromatic rings. The van der Waals surface area contributed by atoms with E-state index in [1.54, 1.807) is 23.1 Å². The van der Waals surface area contributed by atoms with E-state index >= 15 is 0 Å². The van der Waals surface area contributed by atoms with Crippen LogP contribution in [-0.4, -0.2) is 6.26 Å². The Hall–Kier alpha value is 0.330. The maximum Gasteiger partial charge on any atom is 0.0939 e. The summed E-state index contributed by atoms with van der Waals surface area (Å²) in [5.41, 5.74) is 1.13. The van der Waals surface area contributed by atoms with Crippen molar-refractivity contribution in [3.05, 3.63) is 49.6 Å². The molecule has 0 amide bonds. The number of alkyl halides is 1. The monoisotopic (exact) mass is 366 g/mol.